The predicted molar refractivity (Wildman–Crippen MR) is 89.0 cm³/mol. The molecule has 1 fully saturated rings. The van der Waals surface area contributed by atoms with E-state index in [9.17, 15) is 5.11 Å². The zero-order valence-electron chi connectivity index (χ0n) is 14.5. The van der Waals surface area contributed by atoms with E-state index < -0.39 is 12.2 Å². The summed E-state index contributed by atoms with van der Waals surface area (Å²) >= 11 is 0. The van der Waals surface area contributed by atoms with Crippen molar-refractivity contribution < 1.29 is 19.7 Å². The first-order valence-electron chi connectivity index (χ1n) is 9.27. The molecule has 0 aromatic carbocycles. The Bertz CT molecular complexity index is 259. The number of ether oxygens (including phenoxy) is 2. The molecule has 1 heterocycles. The Morgan fingerprint density at radius 3 is 2.36 bits per heavy atom. The molecule has 0 saturated carbocycles. The van der Waals surface area contributed by atoms with Crippen LogP contribution in [0.3, 0.4) is 0 Å². The van der Waals surface area contributed by atoms with Crippen molar-refractivity contribution >= 4 is 0 Å². The molecule has 132 valence electrons. The molecule has 1 aliphatic heterocycles. The normalized spacial score (nSPS) is 27.0. The van der Waals surface area contributed by atoms with Crippen molar-refractivity contribution in [1.29, 1.82) is 0 Å². The summed E-state index contributed by atoms with van der Waals surface area (Å²) in [6, 6.07) is 0. The maximum Gasteiger partial charge on any atom is 0.107 e. The third-order valence-corrected chi connectivity index (χ3v) is 4.50. The first kappa shape index (κ1) is 19.9. The molecule has 1 saturated heterocycles. The van der Waals surface area contributed by atoms with E-state index >= 15 is 0 Å². The van der Waals surface area contributed by atoms with Gasteiger partial charge in [0, 0.05) is 6.42 Å². The number of rotatable bonds is 12. The van der Waals surface area contributed by atoms with E-state index in [1.165, 1.54) is 44.9 Å². The third kappa shape index (κ3) is 7.91. The summed E-state index contributed by atoms with van der Waals surface area (Å²) in [6.07, 6.45) is 10.8. The lowest BCUT2D eigenvalue weighted by atomic mass is 10.0. The zero-order chi connectivity index (χ0) is 16.2. The topological polar surface area (TPSA) is 58.9 Å². The van der Waals surface area contributed by atoms with Crippen LogP contribution in [-0.4, -0.2) is 47.8 Å². The molecule has 0 aromatic heterocycles. The molecule has 1 rings (SSSR count). The number of hydrogen-bond donors (Lipinski definition) is 2. The lowest BCUT2D eigenvalue weighted by Crippen LogP contribution is -2.45. The van der Waals surface area contributed by atoms with Crippen LogP contribution in [0, 0.1) is 0 Å². The van der Waals surface area contributed by atoms with Crippen molar-refractivity contribution in [1.82, 2.24) is 0 Å². The quantitative estimate of drug-likeness (QED) is 0.542. The minimum absolute atomic E-state index is 0.0321. The summed E-state index contributed by atoms with van der Waals surface area (Å²) in [6.45, 7) is 4.81. The van der Waals surface area contributed by atoms with Crippen LogP contribution in [0.2, 0.25) is 0 Å². The molecule has 0 bridgehead atoms. The maximum absolute atomic E-state index is 9.94. The van der Waals surface area contributed by atoms with Crippen LogP contribution in [-0.2, 0) is 9.47 Å². The summed E-state index contributed by atoms with van der Waals surface area (Å²) in [7, 11) is 0. The van der Waals surface area contributed by atoms with Crippen molar-refractivity contribution in [2.45, 2.75) is 102 Å². The number of hydrogen-bond acceptors (Lipinski definition) is 4. The van der Waals surface area contributed by atoms with Gasteiger partial charge >= 0.3 is 0 Å². The van der Waals surface area contributed by atoms with Gasteiger partial charge in [-0.25, -0.2) is 0 Å². The van der Waals surface area contributed by atoms with Gasteiger partial charge in [-0.3, -0.25) is 0 Å². The van der Waals surface area contributed by atoms with Gasteiger partial charge in [0.2, 0.25) is 0 Å². The largest absolute Gasteiger partial charge is 0.394 e. The monoisotopic (exact) mass is 316 g/mol. The Labute approximate surface area is 136 Å². The summed E-state index contributed by atoms with van der Waals surface area (Å²) in [5, 5.41) is 19.0. The second kappa shape index (κ2) is 12.3. The van der Waals surface area contributed by atoms with E-state index in [4.69, 9.17) is 14.6 Å². The van der Waals surface area contributed by atoms with E-state index in [0.29, 0.717) is 13.0 Å². The van der Waals surface area contributed by atoms with Gasteiger partial charge in [-0.05, 0) is 12.8 Å². The van der Waals surface area contributed by atoms with Crippen LogP contribution in [0.4, 0.5) is 0 Å². The first-order chi connectivity index (χ1) is 10.7. The van der Waals surface area contributed by atoms with Crippen molar-refractivity contribution in [3.05, 3.63) is 0 Å². The minimum atomic E-state index is -0.611. The molecule has 22 heavy (non-hydrogen) atoms. The Balaban J connectivity index is 2.30. The highest BCUT2D eigenvalue weighted by molar-refractivity contribution is 4.79. The van der Waals surface area contributed by atoms with Crippen LogP contribution in [0.5, 0.6) is 0 Å². The zero-order valence-corrected chi connectivity index (χ0v) is 14.5. The van der Waals surface area contributed by atoms with Crippen LogP contribution >= 0.6 is 0 Å². The maximum atomic E-state index is 9.94. The molecule has 4 heteroatoms. The molecule has 4 nitrogen and oxygen atoms in total. The fourth-order valence-corrected chi connectivity index (χ4v) is 3.06. The Morgan fingerprint density at radius 1 is 1.05 bits per heavy atom. The second-order valence-electron chi connectivity index (χ2n) is 6.58. The van der Waals surface area contributed by atoms with E-state index in [2.05, 4.69) is 13.8 Å². The molecular weight excluding hydrogens is 280 g/mol. The SMILES string of the molecule is CCCCCCCC(CCCC)O[C@H]1CO[C@H](CO)[C@@H](O)C1. The molecular formula is C18H36O4. The van der Waals surface area contributed by atoms with Gasteiger partial charge in [0.25, 0.3) is 0 Å². The van der Waals surface area contributed by atoms with Crippen LogP contribution in [0.25, 0.3) is 0 Å². The second-order valence-corrected chi connectivity index (χ2v) is 6.58. The average Bonchev–Trinajstić information content (AvgIpc) is 2.52. The minimum Gasteiger partial charge on any atom is -0.394 e. The smallest absolute Gasteiger partial charge is 0.107 e. The fraction of sp³-hybridized carbons (Fsp3) is 1.00. The van der Waals surface area contributed by atoms with Gasteiger partial charge in [0.15, 0.2) is 0 Å². The summed E-state index contributed by atoms with van der Waals surface area (Å²) in [5.41, 5.74) is 0. The molecule has 0 spiro atoms. The van der Waals surface area contributed by atoms with E-state index in [-0.39, 0.29) is 18.8 Å². The van der Waals surface area contributed by atoms with Crippen LogP contribution < -0.4 is 0 Å². The van der Waals surface area contributed by atoms with Gasteiger partial charge < -0.3 is 19.7 Å². The van der Waals surface area contributed by atoms with Crippen molar-refractivity contribution in [2.75, 3.05) is 13.2 Å². The molecule has 4 atom stereocenters. The van der Waals surface area contributed by atoms with Crippen molar-refractivity contribution in [3.63, 3.8) is 0 Å². The summed E-state index contributed by atoms with van der Waals surface area (Å²) < 4.78 is 11.7. The lowest BCUT2D eigenvalue weighted by Gasteiger charge is -2.34. The predicted octanol–water partition coefficient (Wildman–Crippen LogP) is 3.43. The average molecular weight is 316 g/mol. The molecule has 0 radical (unpaired) electrons. The van der Waals surface area contributed by atoms with Crippen molar-refractivity contribution in [2.24, 2.45) is 0 Å². The lowest BCUT2D eigenvalue weighted by molar-refractivity contribution is -0.166. The molecule has 1 aliphatic rings. The Morgan fingerprint density at radius 2 is 1.73 bits per heavy atom. The molecule has 0 aromatic rings. The molecule has 0 aliphatic carbocycles. The highest BCUT2D eigenvalue weighted by Crippen LogP contribution is 2.22. The first-order valence-corrected chi connectivity index (χ1v) is 9.27. The summed E-state index contributed by atoms with van der Waals surface area (Å²) in [4.78, 5) is 0. The Hall–Kier alpha value is -0.160. The van der Waals surface area contributed by atoms with Gasteiger partial charge in [0.05, 0.1) is 31.5 Å². The van der Waals surface area contributed by atoms with Crippen LogP contribution in [0.15, 0.2) is 0 Å². The van der Waals surface area contributed by atoms with Crippen molar-refractivity contribution in [3.8, 4) is 0 Å². The number of unbranched alkanes of at least 4 members (excludes halogenated alkanes) is 5. The molecule has 2 N–H and O–H groups in total. The van der Waals surface area contributed by atoms with E-state index in [1.54, 1.807) is 0 Å². The highest BCUT2D eigenvalue weighted by atomic mass is 16.6. The summed E-state index contributed by atoms with van der Waals surface area (Å²) in [5.74, 6) is 0. The number of aliphatic hydroxyl groups is 2. The van der Waals surface area contributed by atoms with E-state index in [1.807, 2.05) is 0 Å². The van der Waals surface area contributed by atoms with Gasteiger partial charge in [-0.2, -0.15) is 0 Å². The third-order valence-electron chi connectivity index (χ3n) is 4.50. The van der Waals surface area contributed by atoms with Gasteiger partial charge in [0.1, 0.15) is 6.10 Å². The number of aliphatic hydroxyl groups excluding tert-OH is 2. The highest BCUT2D eigenvalue weighted by Gasteiger charge is 2.31. The Kier molecular flexibility index (Phi) is 11.1. The fourth-order valence-electron chi connectivity index (χ4n) is 3.06. The standard InChI is InChI=1S/C18H36O4/c1-3-5-7-8-9-11-15(10-6-4-2)22-16-12-17(20)18(13-19)21-14-16/h15-20H,3-14H2,1-2H3/t15?,16-,17+,18-/m1/s1. The van der Waals surface area contributed by atoms with Gasteiger partial charge in [-0.1, -0.05) is 58.8 Å². The van der Waals surface area contributed by atoms with Crippen LogP contribution in [0.1, 0.15) is 78.1 Å². The van der Waals surface area contributed by atoms with Gasteiger partial charge in [-0.15, -0.1) is 0 Å². The molecule has 1 unspecified atom stereocenters. The van der Waals surface area contributed by atoms with E-state index in [0.717, 1.165) is 12.8 Å². The molecule has 0 amide bonds.